The summed E-state index contributed by atoms with van der Waals surface area (Å²) in [5.41, 5.74) is 0. The Kier molecular flexibility index (Phi) is 5.76. The van der Waals surface area contributed by atoms with Gasteiger partial charge < -0.3 is 5.32 Å². The third kappa shape index (κ3) is 3.40. The quantitative estimate of drug-likeness (QED) is 0.515. The van der Waals surface area contributed by atoms with Gasteiger partial charge in [0.2, 0.25) is 0 Å². The zero-order chi connectivity index (χ0) is 13.3. The highest BCUT2D eigenvalue weighted by Crippen LogP contribution is 2.42. The van der Waals surface area contributed by atoms with Crippen molar-refractivity contribution in [1.29, 1.82) is 0 Å². The largest absolute Gasteiger partial charge is 0.305 e. The molecule has 0 spiro atoms. The number of nitrogens with one attached hydrogen (secondary N) is 1. The van der Waals surface area contributed by atoms with Crippen LogP contribution in [-0.4, -0.2) is 6.54 Å². The Labute approximate surface area is 144 Å². The van der Waals surface area contributed by atoms with Crippen molar-refractivity contribution in [3.8, 4) is 0 Å². The highest BCUT2D eigenvalue weighted by atomic mass is 79.9. The van der Waals surface area contributed by atoms with E-state index in [-0.39, 0.29) is 6.04 Å². The number of thiophene rings is 2. The second kappa shape index (κ2) is 6.70. The first-order valence-corrected chi connectivity index (χ1v) is 9.54. The summed E-state index contributed by atoms with van der Waals surface area (Å²) in [5, 5.41) is 4.27. The molecule has 0 saturated heterocycles. The van der Waals surface area contributed by atoms with E-state index in [1.54, 1.807) is 22.7 Å². The van der Waals surface area contributed by atoms with Crippen molar-refractivity contribution in [3.63, 3.8) is 0 Å². The smallest absolute Gasteiger partial charge is 0.0888 e. The summed E-state index contributed by atoms with van der Waals surface area (Å²) in [7, 11) is 0. The molecular formula is C11H9Br3ClNS2. The van der Waals surface area contributed by atoms with Crippen LogP contribution >= 0.6 is 82.1 Å². The van der Waals surface area contributed by atoms with Gasteiger partial charge in [-0.05, 0) is 66.5 Å². The van der Waals surface area contributed by atoms with Gasteiger partial charge >= 0.3 is 0 Å². The maximum absolute atomic E-state index is 6.12. The number of hydrogen-bond donors (Lipinski definition) is 1. The minimum Gasteiger partial charge on any atom is -0.305 e. The maximum Gasteiger partial charge on any atom is 0.0888 e. The molecule has 0 aliphatic rings. The first-order valence-electron chi connectivity index (χ1n) is 5.15. The minimum absolute atomic E-state index is 0.191. The van der Waals surface area contributed by atoms with Gasteiger partial charge in [-0.25, -0.2) is 0 Å². The van der Waals surface area contributed by atoms with Gasteiger partial charge in [0.1, 0.15) is 0 Å². The molecule has 18 heavy (non-hydrogen) atoms. The van der Waals surface area contributed by atoms with Crippen molar-refractivity contribution in [3.05, 3.63) is 39.0 Å². The van der Waals surface area contributed by atoms with E-state index in [0.29, 0.717) is 0 Å². The SMILES string of the molecule is CCNC(c1cc(Cl)c(Br)s1)c1cc(Br)c(Br)s1. The van der Waals surface area contributed by atoms with Gasteiger partial charge in [0.15, 0.2) is 0 Å². The van der Waals surface area contributed by atoms with Crippen LogP contribution in [0.2, 0.25) is 5.02 Å². The molecule has 2 aromatic heterocycles. The standard InChI is InChI=1S/C11H9Br3ClNS2/c1-2-16-9(7-3-5(12)10(13)17-7)8-4-6(15)11(14)18-8/h3-4,9,16H,2H2,1H3. The second-order valence-electron chi connectivity index (χ2n) is 3.53. The molecule has 0 radical (unpaired) electrons. The molecule has 1 unspecified atom stereocenters. The fourth-order valence-corrected chi connectivity index (χ4v) is 5.66. The van der Waals surface area contributed by atoms with Gasteiger partial charge in [-0.2, -0.15) is 0 Å². The van der Waals surface area contributed by atoms with E-state index in [9.17, 15) is 0 Å². The first kappa shape index (κ1) is 15.5. The average Bonchev–Trinajstić information content (AvgIpc) is 2.81. The van der Waals surface area contributed by atoms with Crippen LogP contribution in [0.5, 0.6) is 0 Å². The van der Waals surface area contributed by atoms with E-state index in [0.717, 1.165) is 23.6 Å². The van der Waals surface area contributed by atoms with E-state index >= 15 is 0 Å². The number of hydrogen-bond acceptors (Lipinski definition) is 3. The predicted molar refractivity (Wildman–Crippen MR) is 92.3 cm³/mol. The molecule has 98 valence electrons. The highest BCUT2D eigenvalue weighted by Gasteiger charge is 2.20. The van der Waals surface area contributed by atoms with Gasteiger partial charge in [-0.3, -0.25) is 0 Å². The van der Waals surface area contributed by atoms with Gasteiger partial charge in [-0.1, -0.05) is 18.5 Å². The molecule has 0 bridgehead atoms. The zero-order valence-corrected chi connectivity index (χ0v) is 16.4. The molecule has 0 aliphatic carbocycles. The molecule has 2 heterocycles. The van der Waals surface area contributed by atoms with E-state index in [1.165, 1.54) is 9.75 Å². The summed E-state index contributed by atoms with van der Waals surface area (Å²) in [4.78, 5) is 2.48. The van der Waals surface area contributed by atoms with Crippen LogP contribution < -0.4 is 5.32 Å². The molecule has 2 aromatic rings. The summed E-state index contributed by atoms with van der Waals surface area (Å²) in [6.07, 6.45) is 0. The third-order valence-corrected chi connectivity index (χ3v) is 8.17. The van der Waals surface area contributed by atoms with Gasteiger partial charge in [0.05, 0.1) is 18.6 Å². The first-order chi connectivity index (χ1) is 8.52. The van der Waals surface area contributed by atoms with Crippen LogP contribution in [0, 0.1) is 0 Å². The van der Waals surface area contributed by atoms with E-state index < -0.39 is 0 Å². The lowest BCUT2D eigenvalue weighted by Gasteiger charge is -2.14. The fourth-order valence-electron chi connectivity index (χ4n) is 1.56. The van der Waals surface area contributed by atoms with Crippen molar-refractivity contribution in [2.45, 2.75) is 13.0 Å². The Morgan fingerprint density at radius 2 is 1.78 bits per heavy atom. The highest BCUT2D eigenvalue weighted by molar-refractivity contribution is 9.13. The van der Waals surface area contributed by atoms with E-state index in [1.807, 2.05) is 6.07 Å². The van der Waals surface area contributed by atoms with Crippen LogP contribution in [-0.2, 0) is 0 Å². The molecule has 2 rings (SSSR count). The topological polar surface area (TPSA) is 12.0 Å². The van der Waals surface area contributed by atoms with Crippen molar-refractivity contribution in [2.24, 2.45) is 0 Å². The molecule has 0 aromatic carbocycles. The molecule has 1 atom stereocenters. The summed E-state index contributed by atoms with van der Waals surface area (Å²) in [5.74, 6) is 0. The van der Waals surface area contributed by atoms with Crippen LogP contribution in [0.3, 0.4) is 0 Å². The average molecular weight is 494 g/mol. The Balaban J connectivity index is 2.39. The second-order valence-corrected chi connectivity index (χ2v) is 9.60. The van der Waals surface area contributed by atoms with Crippen molar-refractivity contribution in [1.82, 2.24) is 5.32 Å². The Morgan fingerprint density at radius 3 is 2.22 bits per heavy atom. The lowest BCUT2D eigenvalue weighted by atomic mass is 10.2. The third-order valence-electron chi connectivity index (χ3n) is 2.31. The molecule has 0 saturated carbocycles. The Morgan fingerprint density at radius 1 is 1.17 bits per heavy atom. The summed E-state index contributed by atoms with van der Waals surface area (Å²) in [6.45, 7) is 3.01. The van der Waals surface area contributed by atoms with Crippen LogP contribution in [0.1, 0.15) is 22.7 Å². The lowest BCUT2D eigenvalue weighted by Crippen LogP contribution is -2.20. The molecule has 1 nitrogen and oxygen atoms in total. The molecule has 0 amide bonds. The van der Waals surface area contributed by atoms with Crippen molar-refractivity contribution < 1.29 is 0 Å². The van der Waals surface area contributed by atoms with E-state index in [2.05, 4.69) is 66.1 Å². The number of halogens is 4. The van der Waals surface area contributed by atoms with Crippen LogP contribution in [0.4, 0.5) is 0 Å². The summed E-state index contributed by atoms with van der Waals surface area (Å²) < 4.78 is 3.19. The van der Waals surface area contributed by atoms with Crippen molar-refractivity contribution in [2.75, 3.05) is 6.54 Å². The Bertz CT molecular complexity index is 467. The molecule has 1 N–H and O–H groups in total. The normalized spacial score (nSPS) is 12.9. The number of rotatable bonds is 4. The van der Waals surface area contributed by atoms with Gasteiger partial charge in [-0.15, -0.1) is 22.7 Å². The fraction of sp³-hybridized carbons (Fsp3) is 0.273. The van der Waals surface area contributed by atoms with E-state index in [4.69, 9.17) is 11.6 Å². The maximum atomic E-state index is 6.12. The minimum atomic E-state index is 0.191. The summed E-state index contributed by atoms with van der Waals surface area (Å²) in [6, 6.07) is 4.35. The van der Waals surface area contributed by atoms with Crippen LogP contribution in [0.15, 0.2) is 24.2 Å². The summed E-state index contributed by atoms with van der Waals surface area (Å²) >= 11 is 20.1. The van der Waals surface area contributed by atoms with Crippen molar-refractivity contribution >= 4 is 82.1 Å². The molecular weight excluding hydrogens is 485 g/mol. The molecule has 0 aliphatic heterocycles. The van der Waals surface area contributed by atoms with Crippen LogP contribution in [0.25, 0.3) is 0 Å². The Hall–Kier alpha value is 1.09. The van der Waals surface area contributed by atoms with Gasteiger partial charge in [0, 0.05) is 14.2 Å². The molecule has 7 heteroatoms. The zero-order valence-electron chi connectivity index (χ0n) is 9.27. The predicted octanol–water partition coefficient (Wildman–Crippen LogP) is 6.45. The lowest BCUT2D eigenvalue weighted by molar-refractivity contribution is 0.649. The molecule has 0 fully saturated rings. The monoisotopic (exact) mass is 491 g/mol. The van der Waals surface area contributed by atoms with Gasteiger partial charge in [0.25, 0.3) is 0 Å².